The van der Waals surface area contributed by atoms with Crippen molar-refractivity contribution in [3.8, 4) is 5.75 Å². The van der Waals surface area contributed by atoms with Gasteiger partial charge in [-0.05, 0) is 56.4 Å². The van der Waals surface area contributed by atoms with Crippen molar-refractivity contribution in [3.05, 3.63) is 65.2 Å². The minimum atomic E-state index is -0.843. The van der Waals surface area contributed by atoms with E-state index in [9.17, 15) is 19.1 Å². The topological polar surface area (TPSA) is 113 Å². The van der Waals surface area contributed by atoms with E-state index >= 15 is 0 Å². The van der Waals surface area contributed by atoms with E-state index in [4.69, 9.17) is 16.3 Å². The van der Waals surface area contributed by atoms with Gasteiger partial charge in [0.2, 0.25) is 0 Å². The number of rotatable bonds is 6. The molecule has 182 valence electrons. The van der Waals surface area contributed by atoms with Gasteiger partial charge in [0.25, 0.3) is 11.8 Å². The quantitative estimate of drug-likeness (QED) is 0.481. The molecule has 3 saturated carbocycles. The SMILES string of the molecule is O=C(COc1ccc(Cl)c(F)c1)NC12CCC(NC(=O)c3cnc4ccccc4n3)(CC1)C[C@@H]2O. The molecule has 0 spiro atoms. The Morgan fingerprint density at radius 2 is 1.86 bits per heavy atom. The molecular weight excluding hydrogens is 475 g/mol. The fraction of sp³-hybridized carbons (Fsp3) is 0.360. The zero-order valence-corrected chi connectivity index (χ0v) is 19.5. The van der Waals surface area contributed by atoms with Crippen molar-refractivity contribution >= 4 is 34.4 Å². The first-order chi connectivity index (χ1) is 16.8. The van der Waals surface area contributed by atoms with Gasteiger partial charge in [-0.3, -0.25) is 14.6 Å². The van der Waals surface area contributed by atoms with Crippen LogP contribution in [0.2, 0.25) is 5.02 Å². The Bertz CT molecular complexity index is 1300. The van der Waals surface area contributed by atoms with Crippen molar-refractivity contribution in [2.24, 2.45) is 0 Å². The lowest BCUT2D eigenvalue weighted by Crippen LogP contribution is -2.70. The molecule has 3 aliphatic rings. The highest BCUT2D eigenvalue weighted by molar-refractivity contribution is 6.30. The number of halogens is 2. The van der Waals surface area contributed by atoms with Gasteiger partial charge in [-0.2, -0.15) is 0 Å². The van der Waals surface area contributed by atoms with Gasteiger partial charge in [-0.15, -0.1) is 0 Å². The Kier molecular flexibility index (Phi) is 6.06. The molecule has 3 fully saturated rings. The monoisotopic (exact) mass is 498 g/mol. The van der Waals surface area contributed by atoms with Crippen molar-refractivity contribution < 1.29 is 23.8 Å². The van der Waals surface area contributed by atoms with Crippen molar-refractivity contribution in [3.63, 3.8) is 0 Å². The summed E-state index contributed by atoms with van der Waals surface area (Å²) in [5.41, 5.74) is 0.196. The van der Waals surface area contributed by atoms with Crippen LogP contribution in [0, 0.1) is 5.82 Å². The van der Waals surface area contributed by atoms with Gasteiger partial charge in [-0.25, -0.2) is 9.37 Å². The summed E-state index contributed by atoms with van der Waals surface area (Å²) in [5, 5.41) is 16.9. The van der Waals surface area contributed by atoms with Crippen molar-refractivity contribution in [2.45, 2.75) is 49.3 Å². The van der Waals surface area contributed by atoms with Crippen molar-refractivity contribution in [2.75, 3.05) is 6.61 Å². The van der Waals surface area contributed by atoms with E-state index in [1.54, 1.807) is 6.07 Å². The number of carbonyl (C=O) groups excluding carboxylic acids is 2. The van der Waals surface area contributed by atoms with Gasteiger partial charge in [0.05, 0.1) is 33.9 Å². The van der Waals surface area contributed by atoms with Crippen LogP contribution in [0.15, 0.2) is 48.7 Å². The van der Waals surface area contributed by atoms with E-state index in [1.165, 1.54) is 18.3 Å². The Morgan fingerprint density at radius 3 is 2.57 bits per heavy atom. The van der Waals surface area contributed by atoms with Crippen LogP contribution >= 0.6 is 11.6 Å². The van der Waals surface area contributed by atoms with Crippen LogP contribution in [0.3, 0.4) is 0 Å². The lowest BCUT2D eigenvalue weighted by Gasteiger charge is -2.56. The molecule has 0 saturated heterocycles. The first-order valence-electron chi connectivity index (χ1n) is 11.4. The fourth-order valence-corrected chi connectivity index (χ4v) is 5.18. The number of ether oxygens (including phenoxy) is 1. The fourth-order valence-electron chi connectivity index (χ4n) is 5.06. The highest BCUT2D eigenvalue weighted by Gasteiger charge is 2.55. The molecule has 0 aliphatic heterocycles. The Hall–Kier alpha value is -3.30. The average Bonchev–Trinajstić information content (AvgIpc) is 2.85. The summed E-state index contributed by atoms with van der Waals surface area (Å²) in [6.45, 7) is -0.321. The van der Waals surface area contributed by atoms with Crippen LogP contribution in [0.1, 0.15) is 42.6 Å². The summed E-state index contributed by atoms with van der Waals surface area (Å²) >= 11 is 5.66. The van der Waals surface area contributed by atoms with Crippen LogP contribution in [0.4, 0.5) is 4.39 Å². The van der Waals surface area contributed by atoms with Crippen molar-refractivity contribution in [1.82, 2.24) is 20.6 Å². The van der Waals surface area contributed by atoms with E-state index in [0.717, 1.165) is 6.07 Å². The molecule has 35 heavy (non-hydrogen) atoms. The largest absolute Gasteiger partial charge is 0.484 e. The van der Waals surface area contributed by atoms with Crippen LogP contribution in [0.25, 0.3) is 11.0 Å². The minimum absolute atomic E-state index is 0.0311. The molecule has 8 nitrogen and oxygen atoms in total. The zero-order valence-electron chi connectivity index (χ0n) is 18.8. The number of hydrogen-bond donors (Lipinski definition) is 3. The molecule has 3 N–H and O–H groups in total. The maximum absolute atomic E-state index is 13.6. The van der Waals surface area contributed by atoms with E-state index in [-0.39, 0.29) is 29.0 Å². The van der Waals surface area contributed by atoms with E-state index < -0.39 is 28.9 Å². The highest BCUT2D eigenvalue weighted by atomic mass is 35.5. The molecule has 2 aromatic carbocycles. The summed E-state index contributed by atoms with van der Waals surface area (Å²) in [6, 6.07) is 11.3. The second kappa shape index (κ2) is 9.05. The third-order valence-corrected chi connectivity index (χ3v) is 7.34. The Morgan fingerprint density at radius 1 is 1.11 bits per heavy atom. The Balaban J connectivity index is 1.20. The van der Waals surface area contributed by atoms with Crippen LogP contribution in [0.5, 0.6) is 5.75 Å². The molecule has 3 aliphatic carbocycles. The predicted octanol–water partition coefficient (Wildman–Crippen LogP) is 3.16. The number of aliphatic hydroxyl groups is 1. The molecule has 2 amide bonds. The number of fused-ring (bicyclic) bond motifs is 4. The van der Waals surface area contributed by atoms with Gasteiger partial charge in [0.15, 0.2) is 6.61 Å². The summed E-state index contributed by atoms with van der Waals surface area (Å²) < 4.78 is 18.9. The van der Waals surface area contributed by atoms with Crippen molar-refractivity contribution in [1.29, 1.82) is 0 Å². The predicted molar refractivity (Wildman–Crippen MR) is 127 cm³/mol. The molecule has 1 heterocycles. The maximum atomic E-state index is 13.6. The van der Waals surface area contributed by atoms with Gasteiger partial charge in [-0.1, -0.05) is 23.7 Å². The number of hydrogen-bond acceptors (Lipinski definition) is 6. The lowest BCUT2D eigenvalue weighted by atomic mass is 9.60. The number of nitrogens with one attached hydrogen (secondary N) is 2. The second-order valence-corrected chi connectivity index (χ2v) is 9.67. The standard InChI is InChI=1S/C25H24ClFN4O4/c26-16-6-5-15(11-17(16)27)35-14-22(33)30-25-9-7-24(8-10-25,12-21(25)32)31-23(34)20-13-28-18-3-1-2-4-19(18)29-20/h1-6,11,13,21,32H,7-10,12,14H2,(H,30,33)(H,31,34)/t21-,24?,25?/m0/s1. The lowest BCUT2D eigenvalue weighted by molar-refractivity contribution is -0.132. The zero-order chi connectivity index (χ0) is 24.6. The number of nitrogens with zero attached hydrogens (tertiary/aromatic N) is 2. The highest BCUT2D eigenvalue weighted by Crippen LogP contribution is 2.47. The first-order valence-corrected chi connectivity index (χ1v) is 11.8. The second-order valence-electron chi connectivity index (χ2n) is 9.27. The van der Waals surface area contributed by atoms with E-state index in [0.29, 0.717) is 43.1 Å². The number of amides is 2. The van der Waals surface area contributed by atoms with Gasteiger partial charge in [0.1, 0.15) is 17.3 Å². The van der Waals surface area contributed by atoms with Crippen LogP contribution in [-0.4, -0.2) is 50.7 Å². The normalized spacial score (nSPS) is 25.3. The molecule has 3 aromatic rings. The molecular formula is C25H24ClFN4O4. The first kappa shape index (κ1) is 23.4. The molecule has 2 bridgehead atoms. The minimum Gasteiger partial charge on any atom is -0.484 e. The van der Waals surface area contributed by atoms with E-state index in [1.807, 2.05) is 18.2 Å². The summed E-state index contributed by atoms with van der Waals surface area (Å²) in [5.74, 6) is -1.20. The third kappa shape index (κ3) is 4.66. The smallest absolute Gasteiger partial charge is 0.271 e. The molecule has 0 radical (unpaired) electrons. The van der Waals surface area contributed by atoms with Crippen LogP contribution < -0.4 is 15.4 Å². The molecule has 6 rings (SSSR count). The van der Waals surface area contributed by atoms with Gasteiger partial charge in [0, 0.05) is 11.6 Å². The van der Waals surface area contributed by atoms with Crippen LogP contribution in [-0.2, 0) is 4.79 Å². The van der Waals surface area contributed by atoms with E-state index in [2.05, 4.69) is 20.6 Å². The molecule has 1 aromatic heterocycles. The summed E-state index contributed by atoms with van der Waals surface area (Å²) in [6.07, 6.45) is 3.11. The number of benzene rings is 2. The number of aliphatic hydroxyl groups excluding tert-OH is 1. The van der Waals surface area contributed by atoms with Gasteiger partial charge >= 0.3 is 0 Å². The summed E-state index contributed by atoms with van der Waals surface area (Å²) in [4.78, 5) is 34.2. The number of para-hydroxylation sites is 2. The average molecular weight is 499 g/mol. The molecule has 1 atom stereocenters. The summed E-state index contributed by atoms with van der Waals surface area (Å²) in [7, 11) is 0. The molecule has 10 heteroatoms. The van der Waals surface area contributed by atoms with Gasteiger partial charge < -0.3 is 20.5 Å². The Labute approximate surface area is 205 Å². The number of aromatic nitrogens is 2. The number of carbonyl (C=O) groups is 2. The molecule has 0 unspecified atom stereocenters. The maximum Gasteiger partial charge on any atom is 0.271 e. The third-order valence-electron chi connectivity index (χ3n) is 7.03.